The number of carboxylic acid groups (broad SMARTS) is 1. The van der Waals surface area contributed by atoms with Crippen LogP contribution in [0, 0.1) is 0 Å². The summed E-state index contributed by atoms with van der Waals surface area (Å²) in [5.41, 5.74) is 2.43. The summed E-state index contributed by atoms with van der Waals surface area (Å²) in [6.45, 7) is 0. The molecular formula is C19H15N3O3S2. The number of nitrogens with one attached hydrogen (secondary N) is 1. The molecule has 0 aliphatic rings. The van der Waals surface area contributed by atoms with Crippen molar-refractivity contribution in [1.29, 1.82) is 0 Å². The first-order chi connectivity index (χ1) is 13.1. The lowest BCUT2D eigenvalue weighted by atomic mass is 10.1. The lowest BCUT2D eigenvalue weighted by Gasteiger charge is -2.02. The topological polar surface area (TPSA) is 84.3 Å². The molecule has 0 fully saturated rings. The minimum atomic E-state index is -0.889. The predicted octanol–water partition coefficient (Wildman–Crippen LogP) is 4.80. The van der Waals surface area contributed by atoms with E-state index < -0.39 is 5.97 Å². The van der Waals surface area contributed by atoms with Gasteiger partial charge in [0.25, 0.3) is 0 Å². The summed E-state index contributed by atoms with van der Waals surface area (Å²) in [5, 5.41) is 13.8. The third-order valence-corrected chi connectivity index (χ3v) is 5.80. The zero-order valence-corrected chi connectivity index (χ0v) is 15.9. The van der Waals surface area contributed by atoms with Crippen molar-refractivity contribution in [3.63, 3.8) is 0 Å². The van der Waals surface area contributed by atoms with Crippen LogP contribution in [0.4, 0.5) is 10.3 Å². The number of nitrogens with zero attached hydrogens (tertiary/aromatic N) is 2. The van der Waals surface area contributed by atoms with Crippen molar-refractivity contribution in [2.75, 3.05) is 12.4 Å². The Kier molecular flexibility index (Phi) is 4.74. The fourth-order valence-electron chi connectivity index (χ4n) is 2.65. The van der Waals surface area contributed by atoms with Gasteiger partial charge in [-0.05, 0) is 36.4 Å². The van der Waals surface area contributed by atoms with Crippen molar-refractivity contribution in [2.24, 2.45) is 0 Å². The molecule has 0 radical (unpaired) electrons. The van der Waals surface area contributed by atoms with Crippen LogP contribution in [0.25, 0.3) is 21.5 Å². The molecule has 0 unspecified atom stereocenters. The summed E-state index contributed by atoms with van der Waals surface area (Å²) in [7, 11) is 1.60. The van der Waals surface area contributed by atoms with Gasteiger partial charge in [0.1, 0.15) is 5.75 Å². The number of aliphatic carboxylic acids is 1. The molecule has 0 saturated heterocycles. The quantitative estimate of drug-likeness (QED) is 0.486. The van der Waals surface area contributed by atoms with E-state index >= 15 is 0 Å². The molecule has 2 aromatic heterocycles. The van der Waals surface area contributed by atoms with Gasteiger partial charge < -0.3 is 15.2 Å². The first-order valence-electron chi connectivity index (χ1n) is 8.11. The Hall–Kier alpha value is -2.97. The van der Waals surface area contributed by atoms with E-state index in [4.69, 9.17) is 4.74 Å². The van der Waals surface area contributed by atoms with Crippen LogP contribution in [0.2, 0.25) is 0 Å². The molecule has 0 spiro atoms. The highest BCUT2D eigenvalue weighted by Gasteiger charge is 2.17. The normalized spacial score (nSPS) is 10.9. The second-order valence-electron chi connectivity index (χ2n) is 5.70. The van der Waals surface area contributed by atoms with Crippen LogP contribution >= 0.6 is 22.7 Å². The lowest BCUT2D eigenvalue weighted by molar-refractivity contribution is -0.136. The fraction of sp³-hybridized carbons (Fsp3) is 0.105. The Balaban J connectivity index is 1.68. The number of fused-ring (bicyclic) bond motifs is 1. The van der Waals surface area contributed by atoms with Crippen molar-refractivity contribution in [1.82, 2.24) is 9.97 Å². The third-order valence-electron chi connectivity index (χ3n) is 3.88. The van der Waals surface area contributed by atoms with Gasteiger partial charge in [-0.1, -0.05) is 23.5 Å². The van der Waals surface area contributed by atoms with Crippen LogP contribution in [0.5, 0.6) is 5.75 Å². The molecule has 8 heteroatoms. The molecule has 2 N–H and O–H groups in total. The minimum absolute atomic E-state index is 0.0828. The first-order valence-corrected chi connectivity index (χ1v) is 9.74. The number of carbonyl (C=O) groups is 1. The Labute approximate surface area is 163 Å². The van der Waals surface area contributed by atoms with Crippen molar-refractivity contribution in [2.45, 2.75) is 6.42 Å². The number of hydrogen-bond donors (Lipinski definition) is 2. The van der Waals surface area contributed by atoms with Crippen LogP contribution in [-0.4, -0.2) is 28.2 Å². The van der Waals surface area contributed by atoms with Crippen LogP contribution in [0.3, 0.4) is 0 Å². The predicted molar refractivity (Wildman–Crippen MR) is 108 cm³/mol. The Morgan fingerprint density at radius 1 is 1.07 bits per heavy atom. The summed E-state index contributed by atoms with van der Waals surface area (Å²) < 4.78 is 6.26. The average Bonchev–Trinajstić information content (AvgIpc) is 3.24. The maximum atomic E-state index is 11.3. The van der Waals surface area contributed by atoms with Crippen molar-refractivity contribution in [3.05, 3.63) is 53.4 Å². The van der Waals surface area contributed by atoms with Crippen molar-refractivity contribution >= 4 is 49.1 Å². The van der Waals surface area contributed by atoms with Gasteiger partial charge in [0.2, 0.25) is 0 Å². The molecule has 2 aromatic carbocycles. The summed E-state index contributed by atoms with van der Waals surface area (Å²) in [6, 6.07) is 15.3. The Morgan fingerprint density at radius 2 is 1.81 bits per heavy atom. The summed E-state index contributed by atoms with van der Waals surface area (Å²) in [4.78, 5) is 21.1. The van der Waals surface area contributed by atoms with E-state index in [9.17, 15) is 9.90 Å². The molecule has 2 heterocycles. The number of benzene rings is 2. The zero-order chi connectivity index (χ0) is 18.8. The fourth-order valence-corrected chi connectivity index (χ4v) is 4.56. The van der Waals surface area contributed by atoms with Gasteiger partial charge in [0, 0.05) is 10.4 Å². The number of rotatable bonds is 6. The largest absolute Gasteiger partial charge is 0.497 e. The third kappa shape index (κ3) is 3.76. The van der Waals surface area contributed by atoms with Crippen LogP contribution < -0.4 is 10.1 Å². The number of aromatic nitrogens is 2. The molecule has 27 heavy (non-hydrogen) atoms. The molecule has 0 amide bonds. The molecule has 0 aliphatic heterocycles. The van der Waals surface area contributed by atoms with Gasteiger partial charge in [0.15, 0.2) is 10.3 Å². The number of methoxy groups -OCH3 is 1. The SMILES string of the molecule is COc1ccc(-c2nc(Nc3nc4ccccc4s3)sc2CC(=O)O)cc1. The second-order valence-corrected chi connectivity index (χ2v) is 7.82. The standard InChI is InChI=1S/C19H15N3O3S2/c1-25-12-8-6-11(7-9-12)17-15(10-16(23)24)27-19(21-17)22-18-20-13-4-2-3-5-14(13)26-18/h2-9H,10H2,1H3,(H,23,24)(H,20,21,22). The van der Waals surface area contributed by atoms with Gasteiger partial charge in [-0.2, -0.15) is 0 Å². The van der Waals surface area contributed by atoms with E-state index in [1.807, 2.05) is 48.5 Å². The number of para-hydroxylation sites is 1. The van der Waals surface area contributed by atoms with Gasteiger partial charge in [-0.3, -0.25) is 4.79 Å². The van der Waals surface area contributed by atoms with Crippen molar-refractivity contribution < 1.29 is 14.6 Å². The highest BCUT2D eigenvalue weighted by Crippen LogP contribution is 2.35. The highest BCUT2D eigenvalue weighted by atomic mass is 32.1. The number of hydrogen-bond acceptors (Lipinski definition) is 7. The Bertz CT molecular complexity index is 1070. The van der Waals surface area contributed by atoms with Gasteiger partial charge in [0.05, 0.1) is 29.4 Å². The van der Waals surface area contributed by atoms with E-state index in [1.165, 1.54) is 22.7 Å². The lowest BCUT2D eigenvalue weighted by Crippen LogP contribution is -1.99. The van der Waals surface area contributed by atoms with Crippen LogP contribution in [0.15, 0.2) is 48.5 Å². The molecule has 136 valence electrons. The average molecular weight is 397 g/mol. The van der Waals surface area contributed by atoms with E-state index in [-0.39, 0.29) is 6.42 Å². The van der Waals surface area contributed by atoms with Crippen LogP contribution in [0.1, 0.15) is 4.88 Å². The molecular weight excluding hydrogens is 382 g/mol. The van der Waals surface area contributed by atoms with Gasteiger partial charge >= 0.3 is 5.97 Å². The molecule has 4 aromatic rings. The number of carboxylic acids is 1. The number of ether oxygens (including phenoxy) is 1. The molecule has 4 rings (SSSR count). The molecule has 6 nitrogen and oxygen atoms in total. The van der Waals surface area contributed by atoms with E-state index in [0.717, 1.165) is 26.7 Å². The monoisotopic (exact) mass is 397 g/mol. The highest BCUT2D eigenvalue weighted by molar-refractivity contribution is 7.22. The minimum Gasteiger partial charge on any atom is -0.497 e. The summed E-state index contributed by atoms with van der Waals surface area (Å²) >= 11 is 2.86. The molecule has 0 atom stereocenters. The van der Waals surface area contributed by atoms with Crippen LogP contribution in [-0.2, 0) is 11.2 Å². The maximum Gasteiger partial charge on any atom is 0.308 e. The van der Waals surface area contributed by atoms with E-state index in [0.29, 0.717) is 15.7 Å². The van der Waals surface area contributed by atoms with Gasteiger partial charge in [-0.15, -0.1) is 11.3 Å². The zero-order valence-electron chi connectivity index (χ0n) is 14.3. The summed E-state index contributed by atoms with van der Waals surface area (Å²) in [5.74, 6) is -0.151. The Morgan fingerprint density at radius 3 is 2.52 bits per heavy atom. The van der Waals surface area contributed by atoms with Gasteiger partial charge in [-0.25, -0.2) is 9.97 Å². The molecule has 0 aliphatic carbocycles. The smallest absolute Gasteiger partial charge is 0.308 e. The second kappa shape index (κ2) is 7.34. The molecule has 0 saturated carbocycles. The van der Waals surface area contributed by atoms with Crippen molar-refractivity contribution in [3.8, 4) is 17.0 Å². The maximum absolute atomic E-state index is 11.3. The van der Waals surface area contributed by atoms with E-state index in [1.54, 1.807) is 7.11 Å². The first kappa shape index (κ1) is 17.4. The molecule has 0 bridgehead atoms. The number of thiazole rings is 2. The number of anilines is 2. The summed E-state index contributed by atoms with van der Waals surface area (Å²) in [6.07, 6.45) is -0.0828. The van der Waals surface area contributed by atoms with E-state index in [2.05, 4.69) is 15.3 Å².